The van der Waals surface area contributed by atoms with Gasteiger partial charge in [-0.15, -0.1) is 0 Å². The van der Waals surface area contributed by atoms with E-state index in [4.69, 9.17) is 37.0 Å². The van der Waals surface area contributed by atoms with Crippen molar-refractivity contribution < 1.29 is 80.2 Å². The summed E-state index contributed by atoms with van der Waals surface area (Å²) in [4.78, 5) is 73.5. The Morgan fingerprint density at radius 3 is 0.628 bits per heavy atom. The van der Waals surface area contributed by atoms with Crippen molar-refractivity contribution in [2.24, 2.45) is 5.92 Å². The van der Waals surface area contributed by atoms with Gasteiger partial charge in [0.2, 0.25) is 0 Å². The molecule has 0 aromatic rings. The molecule has 0 spiro atoms. The fraction of sp³-hybridized carbons (Fsp3) is 0.957. The van der Waals surface area contributed by atoms with Crippen molar-refractivity contribution in [1.82, 2.24) is 0 Å². The first-order valence-corrected chi connectivity index (χ1v) is 51.7. The normalized spacial score (nSPS) is 13.9. The van der Waals surface area contributed by atoms with Crippen LogP contribution in [0.1, 0.15) is 516 Å². The second kappa shape index (κ2) is 86.4. The molecule has 0 aliphatic rings. The van der Waals surface area contributed by atoms with Crippen LogP contribution in [-0.4, -0.2) is 96.7 Å². The summed E-state index contributed by atoms with van der Waals surface area (Å²) in [6.07, 6.45) is 83.5. The van der Waals surface area contributed by atoms with Gasteiger partial charge < -0.3 is 33.8 Å². The Hall–Kier alpha value is -1.94. The molecule has 6 atom stereocenters. The average molecular weight is 1650 g/mol. The van der Waals surface area contributed by atoms with Crippen LogP contribution in [0, 0.1) is 5.92 Å². The molecule has 0 fully saturated rings. The molecule has 0 saturated heterocycles. The topological polar surface area (TPSA) is 237 Å². The van der Waals surface area contributed by atoms with Gasteiger partial charge in [-0.3, -0.25) is 37.3 Å². The highest BCUT2D eigenvalue weighted by Crippen LogP contribution is 2.45. The number of carbonyl (C=O) groups excluding carboxylic acids is 4. The van der Waals surface area contributed by atoms with E-state index in [2.05, 4.69) is 34.6 Å². The lowest BCUT2D eigenvalue weighted by atomic mass is 9.99. The zero-order chi connectivity index (χ0) is 82.6. The minimum Gasteiger partial charge on any atom is -0.462 e. The quantitative estimate of drug-likeness (QED) is 0.0222. The van der Waals surface area contributed by atoms with Crippen molar-refractivity contribution in [2.45, 2.75) is 534 Å². The van der Waals surface area contributed by atoms with Gasteiger partial charge in [-0.25, -0.2) is 9.13 Å². The van der Waals surface area contributed by atoms with Crippen molar-refractivity contribution in [3.05, 3.63) is 0 Å². The first-order chi connectivity index (χ1) is 55.1. The molecule has 3 unspecified atom stereocenters. The maximum atomic E-state index is 13.2. The molecule has 0 heterocycles. The molecule has 0 radical (unpaired) electrons. The molecule has 0 aliphatic carbocycles. The lowest BCUT2D eigenvalue weighted by Gasteiger charge is -2.21. The molecule has 0 aromatic carbocycles. The summed E-state index contributed by atoms with van der Waals surface area (Å²) >= 11 is 0. The summed E-state index contributed by atoms with van der Waals surface area (Å²) in [5, 5.41) is 10.7. The van der Waals surface area contributed by atoms with Gasteiger partial charge in [0.1, 0.15) is 19.3 Å². The molecule has 17 nitrogen and oxygen atoms in total. The summed E-state index contributed by atoms with van der Waals surface area (Å²) < 4.78 is 69.1. The van der Waals surface area contributed by atoms with Crippen LogP contribution in [0.15, 0.2) is 0 Å². The SMILES string of the molecule is CCCCCCCCCCCCCCCCCCCCCCCCC(=O)OC[C@H](COP(=O)(O)OC[C@@H](O)COP(=O)(O)OC[C@@H](COC(=O)CCCCCCCCCCCC)OC(=O)CCCCCCCCCCCCCCCCCCCCC)OC(=O)CCCCCCCCCCCCCCCCCCCCC(C)CC. The zero-order valence-corrected chi connectivity index (χ0v) is 76.3. The number of aliphatic hydroxyl groups excluding tert-OH is 1. The second-order valence-corrected chi connectivity index (χ2v) is 36.9. The van der Waals surface area contributed by atoms with Crippen molar-refractivity contribution >= 4 is 39.5 Å². The monoisotopic (exact) mass is 1650 g/mol. The number of carbonyl (C=O) groups is 4. The number of esters is 4. The first kappa shape index (κ1) is 111. The third-order valence-corrected chi connectivity index (χ3v) is 24.5. The Kier molecular flexibility index (Phi) is 85.0. The highest BCUT2D eigenvalue weighted by Gasteiger charge is 2.31. The van der Waals surface area contributed by atoms with Crippen LogP contribution in [0.4, 0.5) is 0 Å². The van der Waals surface area contributed by atoms with Crippen LogP contribution in [0.25, 0.3) is 0 Å². The first-order valence-electron chi connectivity index (χ1n) is 48.7. The van der Waals surface area contributed by atoms with Gasteiger partial charge in [-0.2, -0.15) is 0 Å². The Balaban J connectivity index is 5.20. The fourth-order valence-corrected chi connectivity index (χ4v) is 16.4. The van der Waals surface area contributed by atoms with Crippen LogP contribution >= 0.6 is 15.6 Å². The van der Waals surface area contributed by atoms with E-state index in [1.54, 1.807) is 0 Å². The minimum atomic E-state index is -4.97. The fourth-order valence-electron chi connectivity index (χ4n) is 14.9. The average Bonchev–Trinajstić information content (AvgIpc) is 0.899. The number of ether oxygens (including phenoxy) is 4. The van der Waals surface area contributed by atoms with E-state index in [-0.39, 0.29) is 25.7 Å². The number of hydrogen-bond donors (Lipinski definition) is 3. The van der Waals surface area contributed by atoms with Crippen molar-refractivity contribution in [2.75, 3.05) is 39.6 Å². The smallest absolute Gasteiger partial charge is 0.462 e. The number of phosphoric ester groups is 2. The molecule has 3 N–H and O–H groups in total. The zero-order valence-electron chi connectivity index (χ0n) is 74.5. The van der Waals surface area contributed by atoms with Gasteiger partial charge in [0.15, 0.2) is 12.2 Å². The number of hydrogen-bond acceptors (Lipinski definition) is 15. The highest BCUT2D eigenvalue weighted by atomic mass is 31.2. The minimum absolute atomic E-state index is 0.109. The van der Waals surface area contributed by atoms with Crippen LogP contribution in [0.5, 0.6) is 0 Å². The Morgan fingerprint density at radius 1 is 0.248 bits per heavy atom. The number of unbranched alkanes of at least 4 members (excludes halogenated alkanes) is 65. The van der Waals surface area contributed by atoms with E-state index in [1.165, 1.54) is 340 Å². The maximum absolute atomic E-state index is 13.2. The van der Waals surface area contributed by atoms with E-state index in [0.717, 1.165) is 95.8 Å². The second-order valence-electron chi connectivity index (χ2n) is 34.0. The standard InChI is InChI=1S/C94H184O17P2/c1-6-10-13-16-19-22-25-27-29-31-33-34-35-37-41-45-49-53-58-63-68-73-78-92(97)105-84-90(111-94(99)80-75-70-65-60-55-51-47-43-39-38-40-44-48-52-56-61-66-71-76-87(5)9-4)86-109-113(102,103)107-82-88(95)81-106-112(100,101)108-85-89(83-104-91(96)77-72-67-62-57-24-21-18-15-12-8-3)110-93(98)79-74-69-64-59-54-50-46-42-36-32-30-28-26-23-20-17-14-11-7-2/h87-90,95H,6-86H2,1-5H3,(H,100,101)(H,102,103)/t87?,88-,89+,90+/m0/s1. The lowest BCUT2D eigenvalue weighted by molar-refractivity contribution is -0.161. The Morgan fingerprint density at radius 2 is 0.425 bits per heavy atom. The van der Waals surface area contributed by atoms with Gasteiger partial charge >= 0.3 is 39.5 Å². The molecular weight excluding hydrogens is 1460 g/mol. The molecule has 0 bridgehead atoms. The van der Waals surface area contributed by atoms with E-state index in [1.807, 2.05) is 0 Å². The predicted molar refractivity (Wildman–Crippen MR) is 469 cm³/mol. The Bertz CT molecular complexity index is 2140. The molecule has 0 saturated carbocycles. The number of rotatable bonds is 94. The van der Waals surface area contributed by atoms with E-state index >= 15 is 0 Å². The van der Waals surface area contributed by atoms with Crippen LogP contribution in [-0.2, 0) is 65.4 Å². The molecule has 113 heavy (non-hydrogen) atoms. The van der Waals surface area contributed by atoms with Gasteiger partial charge in [0, 0.05) is 25.7 Å². The third-order valence-electron chi connectivity index (χ3n) is 22.6. The molecule has 0 aromatic heterocycles. The van der Waals surface area contributed by atoms with Crippen LogP contribution < -0.4 is 0 Å². The molecule has 672 valence electrons. The van der Waals surface area contributed by atoms with Crippen LogP contribution in [0.3, 0.4) is 0 Å². The molecule has 0 aliphatic heterocycles. The lowest BCUT2D eigenvalue weighted by Crippen LogP contribution is -2.30. The summed E-state index contributed by atoms with van der Waals surface area (Å²) in [5.41, 5.74) is 0. The predicted octanol–water partition coefficient (Wildman–Crippen LogP) is 29.5. The molecule has 19 heteroatoms. The summed E-state index contributed by atoms with van der Waals surface area (Å²) in [7, 11) is -9.94. The molecule has 0 amide bonds. The van der Waals surface area contributed by atoms with E-state index < -0.39 is 97.5 Å². The van der Waals surface area contributed by atoms with E-state index in [0.29, 0.717) is 25.7 Å². The van der Waals surface area contributed by atoms with Crippen LogP contribution in [0.2, 0.25) is 0 Å². The largest absolute Gasteiger partial charge is 0.472 e. The maximum Gasteiger partial charge on any atom is 0.472 e. The Labute approximate surface area is 696 Å². The van der Waals surface area contributed by atoms with E-state index in [9.17, 15) is 43.2 Å². The van der Waals surface area contributed by atoms with Crippen molar-refractivity contribution in [3.63, 3.8) is 0 Å². The summed E-state index contributed by atoms with van der Waals surface area (Å²) in [6.45, 7) is 7.47. The molecular formula is C94H184O17P2. The summed E-state index contributed by atoms with van der Waals surface area (Å²) in [5.74, 6) is -1.22. The number of aliphatic hydroxyl groups is 1. The van der Waals surface area contributed by atoms with Gasteiger partial charge in [0.05, 0.1) is 26.4 Å². The van der Waals surface area contributed by atoms with Gasteiger partial charge in [-0.1, -0.05) is 465 Å². The number of phosphoric acid groups is 2. The summed E-state index contributed by atoms with van der Waals surface area (Å²) in [6, 6.07) is 0. The van der Waals surface area contributed by atoms with Gasteiger partial charge in [-0.05, 0) is 31.6 Å². The van der Waals surface area contributed by atoms with Crippen molar-refractivity contribution in [3.8, 4) is 0 Å². The molecule has 0 rings (SSSR count). The van der Waals surface area contributed by atoms with Gasteiger partial charge in [0.25, 0.3) is 0 Å². The highest BCUT2D eigenvalue weighted by molar-refractivity contribution is 7.47. The van der Waals surface area contributed by atoms with Crippen molar-refractivity contribution in [1.29, 1.82) is 0 Å². The third kappa shape index (κ3) is 86.3.